The molecular formula is C12H10FN3O2. The van der Waals surface area contributed by atoms with Gasteiger partial charge in [-0.15, -0.1) is 0 Å². The van der Waals surface area contributed by atoms with Crippen LogP contribution in [0.15, 0.2) is 36.5 Å². The normalized spacial score (nSPS) is 10.1. The number of nitrogen functional groups attached to an aromatic ring is 1. The zero-order valence-corrected chi connectivity index (χ0v) is 9.22. The molecule has 18 heavy (non-hydrogen) atoms. The molecule has 5 nitrogen and oxygen atoms in total. The number of nitrogens with two attached hydrogens (primary N) is 1. The minimum atomic E-state index is -0.570. The lowest BCUT2D eigenvalue weighted by atomic mass is 10.1. The van der Waals surface area contributed by atoms with E-state index in [-0.39, 0.29) is 22.8 Å². The predicted octanol–water partition coefficient (Wildman–Crippen LogP) is 1.76. The van der Waals surface area contributed by atoms with E-state index in [1.807, 2.05) is 0 Å². The van der Waals surface area contributed by atoms with Gasteiger partial charge in [-0.3, -0.25) is 4.79 Å². The zero-order chi connectivity index (χ0) is 13.1. The highest BCUT2D eigenvalue weighted by Crippen LogP contribution is 2.24. The molecule has 0 radical (unpaired) electrons. The van der Waals surface area contributed by atoms with Gasteiger partial charge in [0.05, 0.1) is 17.4 Å². The minimum Gasteiger partial charge on any atom is -0.505 e. The van der Waals surface area contributed by atoms with Gasteiger partial charge >= 0.3 is 0 Å². The van der Waals surface area contributed by atoms with E-state index in [1.54, 1.807) is 6.07 Å². The Morgan fingerprint density at radius 2 is 2.11 bits per heavy atom. The summed E-state index contributed by atoms with van der Waals surface area (Å²) in [6, 6.07) is 6.92. The lowest BCUT2D eigenvalue weighted by Gasteiger charge is -2.07. The van der Waals surface area contributed by atoms with E-state index in [4.69, 9.17) is 5.73 Å². The number of phenols is 1. The highest BCUT2D eigenvalue weighted by Gasteiger charge is 2.13. The van der Waals surface area contributed by atoms with Crippen LogP contribution in [0.3, 0.4) is 0 Å². The Hall–Kier alpha value is -2.63. The molecule has 0 unspecified atom stereocenters. The van der Waals surface area contributed by atoms with Crippen molar-refractivity contribution in [2.45, 2.75) is 0 Å². The molecule has 1 aromatic carbocycles. The topological polar surface area (TPSA) is 88.2 Å². The van der Waals surface area contributed by atoms with Crippen LogP contribution in [0.25, 0.3) is 0 Å². The summed E-state index contributed by atoms with van der Waals surface area (Å²) in [7, 11) is 0. The first kappa shape index (κ1) is 11.8. The number of halogens is 1. The zero-order valence-electron chi connectivity index (χ0n) is 9.22. The Labute approximate surface area is 102 Å². The molecule has 0 fully saturated rings. The van der Waals surface area contributed by atoms with E-state index in [1.165, 1.54) is 24.3 Å². The van der Waals surface area contributed by atoms with Crippen molar-refractivity contribution in [3.63, 3.8) is 0 Å². The molecule has 1 aromatic heterocycles. The van der Waals surface area contributed by atoms with Gasteiger partial charge in [0.25, 0.3) is 5.91 Å². The van der Waals surface area contributed by atoms with Gasteiger partial charge in [-0.05, 0) is 24.3 Å². The van der Waals surface area contributed by atoms with E-state index < -0.39 is 11.7 Å². The standard InChI is InChI=1S/C12H10FN3O2/c13-7-4-5-10(15-6-7)16-12(18)8-2-1-3-9(14)11(8)17/h1-6,17H,14H2,(H,15,16,18). The maximum atomic E-state index is 12.6. The van der Waals surface area contributed by atoms with Crippen LogP contribution >= 0.6 is 0 Å². The molecule has 4 N–H and O–H groups in total. The van der Waals surface area contributed by atoms with Gasteiger partial charge < -0.3 is 16.2 Å². The number of para-hydroxylation sites is 1. The number of hydrogen-bond acceptors (Lipinski definition) is 4. The number of aromatic hydroxyl groups is 1. The van der Waals surface area contributed by atoms with Crippen LogP contribution in [0.5, 0.6) is 5.75 Å². The number of nitrogens with zero attached hydrogens (tertiary/aromatic N) is 1. The Morgan fingerprint density at radius 3 is 2.78 bits per heavy atom. The molecule has 1 amide bonds. The molecule has 2 rings (SSSR count). The second kappa shape index (κ2) is 4.70. The molecule has 0 saturated carbocycles. The number of pyridine rings is 1. The summed E-state index contributed by atoms with van der Waals surface area (Å²) < 4.78 is 12.6. The minimum absolute atomic E-state index is 0.0288. The van der Waals surface area contributed by atoms with Crippen LogP contribution < -0.4 is 11.1 Å². The summed E-state index contributed by atoms with van der Waals surface area (Å²) in [6.07, 6.45) is 0.981. The SMILES string of the molecule is Nc1cccc(C(=O)Nc2ccc(F)cn2)c1O. The number of carbonyl (C=O) groups excluding carboxylic acids is 1. The van der Waals surface area contributed by atoms with Crippen molar-refractivity contribution in [2.24, 2.45) is 0 Å². The summed E-state index contributed by atoms with van der Waals surface area (Å²) in [5.41, 5.74) is 5.61. The summed E-state index contributed by atoms with van der Waals surface area (Å²) in [5.74, 6) is -1.18. The lowest BCUT2D eigenvalue weighted by Crippen LogP contribution is -2.13. The van der Waals surface area contributed by atoms with E-state index in [0.717, 1.165) is 6.20 Å². The second-order valence-corrected chi connectivity index (χ2v) is 3.56. The fraction of sp³-hybridized carbons (Fsp3) is 0. The second-order valence-electron chi connectivity index (χ2n) is 3.56. The lowest BCUT2D eigenvalue weighted by molar-refractivity contribution is 0.102. The van der Waals surface area contributed by atoms with Crippen LogP contribution in [0, 0.1) is 5.82 Å². The maximum absolute atomic E-state index is 12.6. The molecular weight excluding hydrogens is 237 g/mol. The predicted molar refractivity (Wildman–Crippen MR) is 64.7 cm³/mol. The molecule has 0 aliphatic carbocycles. The van der Waals surface area contributed by atoms with Gasteiger partial charge in [-0.2, -0.15) is 0 Å². The maximum Gasteiger partial charge on any atom is 0.260 e. The molecule has 0 aliphatic rings. The molecule has 0 aliphatic heterocycles. The van der Waals surface area contributed by atoms with Crippen LogP contribution in [0.2, 0.25) is 0 Å². The van der Waals surface area contributed by atoms with Crippen LogP contribution in [-0.2, 0) is 0 Å². The third kappa shape index (κ3) is 2.37. The molecule has 0 atom stereocenters. The fourth-order valence-corrected chi connectivity index (χ4v) is 1.38. The highest BCUT2D eigenvalue weighted by atomic mass is 19.1. The van der Waals surface area contributed by atoms with Crippen molar-refractivity contribution >= 4 is 17.4 Å². The van der Waals surface area contributed by atoms with Gasteiger partial charge in [0.2, 0.25) is 0 Å². The van der Waals surface area contributed by atoms with Crippen molar-refractivity contribution < 1.29 is 14.3 Å². The Morgan fingerprint density at radius 1 is 1.33 bits per heavy atom. The summed E-state index contributed by atoms with van der Waals surface area (Å²) in [6.45, 7) is 0. The van der Waals surface area contributed by atoms with E-state index in [9.17, 15) is 14.3 Å². The van der Waals surface area contributed by atoms with E-state index >= 15 is 0 Å². The average molecular weight is 247 g/mol. The number of nitrogens with one attached hydrogen (secondary N) is 1. The van der Waals surface area contributed by atoms with E-state index in [2.05, 4.69) is 10.3 Å². The number of carbonyl (C=O) groups is 1. The largest absolute Gasteiger partial charge is 0.505 e. The van der Waals surface area contributed by atoms with Crippen molar-refractivity contribution in [3.05, 3.63) is 47.9 Å². The van der Waals surface area contributed by atoms with Crippen molar-refractivity contribution in [1.82, 2.24) is 4.98 Å². The molecule has 0 saturated heterocycles. The first-order valence-corrected chi connectivity index (χ1v) is 5.08. The fourth-order valence-electron chi connectivity index (χ4n) is 1.38. The smallest absolute Gasteiger partial charge is 0.260 e. The number of phenolic OH excluding ortho intramolecular Hbond substituents is 1. The number of rotatable bonds is 2. The molecule has 92 valence electrons. The Bertz CT molecular complexity index is 584. The Balaban J connectivity index is 2.22. The molecule has 2 aromatic rings. The summed E-state index contributed by atoms with van der Waals surface area (Å²) in [5, 5.41) is 12.0. The van der Waals surface area contributed by atoms with Crippen molar-refractivity contribution in [2.75, 3.05) is 11.1 Å². The summed E-state index contributed by atoms with van der Waals surface area (Å²) >= 11 is 0. The summed E-state index contributed by atoms with van der Waals surface area (Å²) in [4.78, 5) is 15.5. The van der Waals surface area contributed by atoms with Gasteiger partial charge in [0.15, 0.2) is 5.75 Å². The first-order chi connectivity index (χ1) is 8.58. The monoisotopic (exact) mass is 247 g/mol. The third-order valence-corrected chi connectivity index (χ3v) is 2.28. The first-order valence-electron chi connectivity index (χ1n) is 5.08. The number of benzene rings is 1. The molecule has 0 spiro atoms. The van der Waals surface area contributed by atoms with Gasteiger partial charge in [-0.25, -0.2) is 9.37 Å². The molecule has 1 heterocycles. The van der Waals surface area contributed by atoms with Crippen molar-refractivity contribution in [3.8, 4) is 5.75 Å². The highest BCUT2D eigenvalue weighted by molar-refractivity contribution is 6.06. The molecule has 0 bridgehead atoms. The van der Waals surface area contributed by atoms with Gasteiger partial charge in [0.1, 0.15) is 11.6 Å². The Kier molecular flexibility index (Phi) is 3.09. The third-order valence-electron chi connectivity index (χ3n) is 2.28. The number of hydrogen-bond donors (Lipinski definition) is 3. The van der Waals surface area contributed by atoms with Crippen LogP contribution in [0.4, 0.5) is 15.9 Å². The van der Waals surface area contributed by atoms with Crippen LogP contribution in [-0.4, -0.2) is 16.0 Å². The molecule has 6 heteroatoms. The van der Waals surface area contributed by atoms with Crippen molar-refractivity contribution in [1.29, 1.82) is 0 Å². The number of amides is 1. The number of anilines is 2. The van der Waals surface area contributed by atoms with Gasteiger partial charge in [0, 0.05) is 0 Å². The van der Waals surface area contributed by atoms with Gasteiger partial charge in [-0.1, -0.05) is 6.07 Å². The van der Waals surface area contributed by atoms with E-state index in [0.29, 0.717) is 0 Å². The average Bonchev–Trinajstić information content (AvgIpc) is 2.35. The quantitative estimate of drug-likeness (QED) is 0.557. The van der Waals surface area contributed by atoms with Crippen LogP contribution in [0.1, 0.15) is 10.4 Å². The number of aromatic nitrogens is 1.